The number of pyridine rings is 1. The number of ketones is 1. The maximum absolute atomic E-state index is 13.1. The van der Waals surface area contributed by atoms with Crippen LogP contribution in [0.25, 0.3) is 0 Å². The zero-order chi connectivity index (χ0) is 19.4. The minimum atomic E-state index is -3.24. The summed E-state index contributed by atoms with van der Waals surface area (Å²) in [4.78, 5) is 17.8. The molecule has 1 saturated carbocycles. The van der Waals surface area contributed by atoms with Gasteiger partial charge in [0.15, 0.2) is 9.84 Å². The Morgan fingerprint density at radius 2 is 1.81 bits per heavy atom. The van der Waals surface area contributed by atoms with Crippen LogP contribution in [-0.2, 0) is 21.1 Å². The lowest BCUT2D eigenvalue weighted by atomic mass is 9.83. The molecular formula is C21H24BrNO3S. The van der Waals surface area contributed by atoms with Gasteiger partial charge in [0.25, 0.3) is 0 Å². The standard InChI is InChI=1S/C21H24BrNO3S/c1-27(25,26)18-11-9-16(10-12-18)19(13-15-5-2-3-6-15)20(24)14-17-7-4-8-21(22)23-17/h4,7-12,15,19H,2-3,5-6,13-14H2,1H3/t19-/m1/s1. The highest BCUT2D eigenvalue weighted by atomic mass is 79.9. The Balaban J connectivity index is 1.84. The van der Waals surface area contributed by atoms with E-state index in [0.29, 0.717) is 5.92 Å². The highest BCUT2D eigenvalue weighted by molar-refractivity contribution is 9.10. The Bertz CT molecular complexity index is 903. The van der Waals surface area contributed by atoms with Crippen molar-refractivity contribution in [3.63, 3.8) is 0 Å². The largest absolute Gasteiger partial charge is 0.299 e. The van der Waals surface area contributed by atoms with Crippen LogP contribution < -0.4 is 0 Å². The minimum absolute atomic E-state index is 0.139. The summed E-state index contributed by atoms with van der Waals surface area (Å²) in [6.07, 6.45) is 7.09. The van der Waals surface area contributed by atoms with Gasteiger partial charge in [-0.2, -0.15) is 0 Å². The van der Waals surface area contributed by atoms with Crippen molar-refractivity contribution in [2.45, 2.75) is 49.3 Å². The van der Waals surface area contributed by atoms with Crippen LogP contribution >= 0.6 is 15.9 Å². The number of benzene rings is 1. The predicted octanol–water partition coefficient (Wildman–Crippen LogP) is 4.72. The van der Waals surface area contributed by atoms with Gasteiger partial charge in [-0.05, 0) is 58.1 Å². The van der Waals surface area contributed by atoms with E-state index in [4.69, 9.17) is 0 Å². The van der Waals surface area contributed by atoms with Crippen molar-refractivity contribution < 1.29 is 13.2 Å². The van der Waals surface area contributed by atoms with Crippen molar-refractivity contribution in [1.29, 1.82) is 0 Å². The molecule has 27 heavy (non-hydrogen) atoms. The Morgan fingerprint density at radius 3 is 2.41 bits per heavy atom. The highest BCUT2D eigenvalue weighted by Gasteiger charge is 2.27. The third-order valence-electron chi connectivity index (χ3n) is 5.27. The number of halogens is 1. The van der Waals surface area contributed by atoms with Crippen LogP contribution in [0.2, 0.25) is 0 Å². The van der Waals surface area contributed by atoms with Gasteiger partial charge in [0.1, 0.15) is 10.4 Å². The van der Waals surface area contributed by atoms with Crippen molar-refractivity contribution in [1.82, 2.24) is 4.98 Å². The van der Waals surface area contributed by atoms with Crippen molar-refractivity contribution in [2.75, 3.05) is 6.26 Å². The van der Waals surface area contributed by atoms with Crippen LogP contribution in [0.4, 0.5) is 0 Å². The molecule has 0 aliphatic heterocycles. The Kier molecular flexibility index (Phi) is 6.48. The van der Waals surface area contributed by atoms with Gasteiger partial charge in [0, 0.05) is 24.3 Å². The average molecular weight is 450 g/mol. The SMILES string of the molecule is CS(=O)(=O)c1ccc([C@@H](CC2CCCC2)C(=O)Cc2cccc(Br)n2)cc1. The van der Waals surface area contributed by atoms with Gasteiger partial charge in [0.2, 0.25) is 0 Å². The topological polar surface area (TPSA) is 64.1 Å². The summed E-state index contributed by atoms with van der Waals surface area (Å²) in [5, 5.41) is 0. The Labute approximate surface area is 169 Å². The Hall–Kier alpha value is -1.53. The van der Waals surface area contributed by atoms with Gasteiger partial charge in [-0.1, -0.05) is 43.9 Å². The monoisotopic (exact) mass is 449 g/mol. The van der Waals surface area contributed by atoms with Crippen LogP contribution in [0, 0.1) is 5.92 Å². The van der Waals surface area contributed by atoms with Crippen molar-refractivity contribution in [2.24, 2.45) is 5.92 Å². The fraction of sp³-hybridized carbons (Fsp3) is 0.429. The molecule has 1 aromatic heterocycles. The lowest BCUT2D eigenvalue weighted by Crippen LogP contribution is -2.18. The number of nitrogens with zero attached hydrogens (tertiary/aromatic N) is 1. The number of carbonyl (C=O) groups excluding carboxylic acids is 1. The maximum Gasteiger partial charge on any atom is 0.175 e. The molecular weight excluding hydrogens is 426 g/mol. The number of Topliss-reactive ketones (excluding diaryl/α,β-unsaturated/α-hetero) is 1. The molecule has 1 atom stereocenters. The van der Waals surface area contributed by atoms with E-state index < -0.39 is 9.84 Å². The normalized spacial score (nSPS) is 16.4. The van der Waals surface area contributed by atoms with E-state index in [1.807, 2.05) is 18.2 Å². The van der Waals surface area contributed by atoms with Crippen LogP contribution in [-0.4, -0.2) is 25.4 Å². The molecule has 0 radical (unpaired) electrons. The third-order valence-corrected chi connectivity index (χ3v) is 6.84. The van der Waals surface area contributed by atoms with Crippen LogP contribution in [0.15, 0.2) is 52.0 Å². The molecule has 144 valence electrons. The van der Waals surface area contributed by atoms with E-state index in [9.17, 15) is 13.2 Å². The number of hydrogen-bond acceptors (Lipinski definition) is 4. The summed E-state index contributed by atoms with van der Waals surface area (Å²) < 4.78 is 24.2. The number of aromatic nitrogens is 1. The Morgan fingerprint density at radius 1 is 1.15 bits per heavy atom. The van der Waals surface area contributed by atoms with E-state index in [-0.39, 0.29) is 23.0 Å². The molecule has 0 saturated heterocycles. The molecule has 1 fully saturated rings. The van der Waals surface area contributed by atoms with Crippen molar-refractivity contribution >= 4 is 31.6 Å². The summed E-state index contributed by atoms with van der Waals surface area (Å²) in [6, 6.07) is 12.4. The zero-order valence-electron chi connectivity index (χ0n) is 15.4. The molecule has 4 nitrogen and oxygen atoms in total. The van der Waals surface area contributed by atoms with Gasteiger partial charge < -0.3 is 0 Å². The molecule has 0 spiro atoms. The summed E-state index contributed by atoms with van der Waals surface area (Å²) in [6.45, 7) is 0. The molecule has 0 N–H and O–H groups in total. The van der Waals surface area contributed by atoms with Crippen LogP contribution in [0.5, 0.6) is 0 Å². The molecule has 2 aromatic rings. The zero-order valence-corrected chi connectivity index (χ0v) is 17.8. The first kappa shape index (κ1) is 20.2. The molecule has 1 aliphatic carbocycles. The molecule has 0 unspecified atom stereocenters. The first-order valence-corrected chi connectivity index (χ1v) is 12.0. The van der Waals surface area contributed by atoms with Gasteiger partial charge >= 0.3 is 0 Å². The quantitative estimate of drug-likeness (QED) is 0.573. The van der Waals surface area contributed by atoms with Gasteiger partial charge in [-0.25, -0.2) is 13.4 Å². The predicted molar refractivity (Wildman–Crippen MR) is 110 cm³/mol. The second-order valence-corrected chi connectivity index (χ2v) is 10.2. The number of rotatable bonds is 7. The molecule has 3 rings (SSSR count). The molecule has 0 bridgehead atoms. The molecule has 1 aromatic carbocycles. The maximum atomic E-state index is 13.1. The fourth-order valence-electron chi connectivity index (χ4n) is 3.83. The first-order chi connectivity index (χ1) is 12.8. The summed E-state index contributed by atoms with van der Waals surface area (Å²) in [5.74, 6) is 0.478. The van der Waals surface area contributed by atoms with E-state index in [1.54, 1.807) is 24.3 Å². The van der Waals surface area contributed by atoms with Crippen LogP contribution in [0.1, 0.15) is 49.3 Å². The third kappa shape index (κ3) is 5.48. The molecule has 0 amide bonds. The van der Waals surface area contributed by atoms with Gasteiger partial charge in [0.05, 0.1) is 4.90 Å². The lowest BCUT2D eigenvalue weighted by molar-refractivity contribution is -0.120. The van der Waals surface area contributed by atoms with E-state index in [2.05, 4.69) is 20.9 Å². The molecule has 1 aliphatic rings. The molecule has 6 heteroatoms. The second kappa shape index (κ2) is 8.65. The summed E-state index contributed by atoms with van der Waals surface area (Å²) in [5.41, 5.74) is 1.65. The average Bonchev–Trinajstić information content (AvgIpc) is 3.12. The van der Waals surface area contributed by atoms with E-state index in [0.717, 1.165) is 22.3 Å². The van der Waals surface area contributed by atoms with E-state index >= 15 is 0 Å². The van der Waals surface area contributed by atoms with E-state index in [1.165, 1.54) is 31.9 Å². The number of carbonyl (C=O) groups is 1. The minimum Gasteiger partial charge on any atom is -0.299 e. The smallest absolute Gasteiger partial charge is 0.175 e. The van der Waals surface area contributed by atoms with Gasteiger partial charge in [-0.3, -0.25) is 4.79 Å². The summed E-state index contributed by atoms with van der Waals surface area (Å²) >= 11 is 3.35. The van der Waals surface area contributed by atoms with Crippen molar-refractivity contribution in [3.8, 4) is 0 Å². The molecule has 1 heterocycles. The summed E-state index contributed by atoms with van der Waals surface area (Å²) in [7, 11) is -3.24. The van der Waals surface area contributed by atoms with Crippen LogP contribution in [0.3, 0.4) is 0 Å². The highest BCUT2D eigenvalue weighted by Crippen LogP contribution is 2.35. The fourth-order valence-corrected chi connectivity index (χ4v) is 4.84. The lowest BCUT2D eigenvalue weighted by Gasteiger charge is -2.20. The van der Waals surface area contributed by atoms with Gasteiger partial charge in [-0.15, -0.1) is 0 Å². The second-order valence-electron chi connectivity index (χ2n) is 7.37. The number of hydrogen-bond donors (Lipinski definition) is 0. The van der Waals surface area contributed by atoms with Crippen molar-refractivity contribution in [3.05, 3.63) is 58.3 Å². The number of sulfone groups is 1. The first-order valence-electron chi connectivity index (χ1n) is 9.27.